The van der Waals surface area contributed by atoms with Crippen LogP contribution in [0.4, 0.5) is 0 Å². The molecule has 6 nitrogen and oxygen atoms in total. The monoisotopic (exact) mass is 322 g/mol. The van der Waals surface area contributed by atoms with Crippen molar-refractivity contribution in [3.05, 3.63) is 47.8 Å². The van der Waals surface area contributed by atoms with Crippen molar-refractivity contribution in [1.29, 1.82) is 0 Å². The van der Waals surface area contributed by atoms with Gasteiger partial charge in [-0.3, -0.25) is 0 Å². The van der Waals surface area contributed by atoms with Crippen molar-refractivity contribution in [2.75, 3.05) is 6.61 Å². The van der Waals surface area contributed by atoms with Gasteiger partial charge in [-0.05, 0) is 31.2 Å². The molecule has 0 spiro atoms. The number of aromatic nitrogens is 2. The van der Waals surface area contributed by atoms with Crippen molar-refractivity contribution in [3.8, 4) is 11.4 Å². The third kappa shape index (κ3) is 4.41. The Kier molecular flexibility index (Phi) is 5.68. The zero-order chi connectivity index (χ0) is 15.9. The summed E-state index contributed by atoms with van der Waals surface area (Å²) in [5.74, 6) is 0.0981. The molecule has 0 saturated heterocycles. The lowest BCUT2D eigenvalue weighted by Gasteiger charge is -2.09. The van der Waals surface area contributed by atoms with E-state index in [-0.39, 0.29) is 19.1 Å². The van der Waals surface area contributed by atoms with Crippen LogP contribution in [0.5, 0.6) is 0 Å². The molecule has 1 atom stereocenters. The highest BCUT2D eigenvalue weighted by Crippen LogP contribution is 2.18. The van der Waals surface area contributed by atoms with E-state index in [1.54, 1.807) is 37.3 Å². The van der Waals surface area contributed by atoms with Crippen molar-refractivity contribution >= 4 is 17.6 Å². The molecule has 1 unspecified atom stereocenters. The van der Waals surface area contributed by atoms with E-state index in [1.165, 1.54) is 0 Å². The standard InChI is InChI=1S/C15H15ClN2O4/c1-3-8-20-10(2)15(19)21-9-13-17-14(18-22-13)11-4-6-12(16)7-5-11/h3-7,10H,1,8-9H2,2H3. The molecule has 0 aliphatic heterocycles. The van der Waals surface area contributed by atoms with Gasteiger partial charge in [0.1, 0.15) is 0 Å². The van der Waals surface area contributed by atoms with Crippen molar-refractivity contribution in [2.24, 2.45) is 0 Å². The number of hydrogen-bond donors (Lipinski definition) is 0. The molecular formula is C15H15ClN2O4. The van der Waals surface area contributed by atoms with E-state index < -0.39 is 12.1 Å². The molecule has 22 heavy (non-hydrogen) atoms. The summed E-state index contributed by atoms with van der Waals surface area (Å²) in [6.07, 6.45) is 0.872. The lowest BCUT2D eigenvalue weighted by Crippen LogP contribution is -2.23. The molecule has 2 rings (SSSR count). The summed E-state index contributed by atoms with van der Waals surface area (Å²) in [4.78, 5) is 15.8. The van der Waals surface area contributed by atoms with E-state index in [4.69, 9.17) is 25.6 Å². The van der Waals surface area contributed by atoms with Gasteiger partial charge in [-0.15, -0.1) is 6.58 Å². The number of rotatable bonds is 7. The Hall–Kier alpha value is -2.18. The van der Waals surface area contributed by atoms with Crippen molar-refractivity contribution < 1.29 is 18.8 Å². The molecule has 0 amide bonds. The average molecular weight is 323 g/mol. The lowest BCUT2D eigenvalue weighted by atomic mass is 10.2. The predicted molar refractivity (Wildman–Crippen MR) is 80.2 cm³/mol. The molecule has 0 N–H and O–H groups in total. The molecule has 116 valence electrons. The van der Waals surface area contributed by atoms with Gasteiger partial charge in [-0.25, -0.2) is 4.79 Å². The van der Waals surface area contributed by atoms with E-state index in [0.717, 1.165) is 5.56 Å². The Balaban J connectivity index is 1.91. The number of hydrogen-bond acceptors (Lipinski definition) is 6. The Morgan fingerprint density at radius 3 is 2.86 bits per heavy atom. The number of carbonyl (C=O) groups excluding carboxylic acids is 1. The first-order valence-electron chi connectivity index (χ1n) is 6.58. The summed E-state index contributed by atoms with van der Waals surface area (Å²) in [6, 6.07) is 7.00. The fourth-order valence-electron chi connectivity index (χ4n) is 1.56. The Morgan fingerprint density at radius 1 is 1.45 bits per heavy atom. The number of nitrogens with zero attached hydrogens (tertiary/aromatic N) is 2. The summed E-state index contributed by atoms with van der Waals surface area (Å²) < 4.78 is 15.2. The summed E-state index contributed by atoms with van der Waals surface area (Å²) in [5, 5.41) is 4.44. The van der Waals surface area contributed by atoms with Crippen LogP contribution in [0.1, 0.15) is 12.8 Å². The normalized spacial score (nSPS) is 11.9. The maximum absolute atomic E-state index is 11.7. The number of ether oxygens (including phenoxy) is 2. The van der Waals surface area contributed by atoms with Crippen LogP contribution in [0.25, 0.3) is 11.4 Å². The van der Waals surface area contributed by atoms with Gasteiger partial charge in [-0.2, -0.15) is 4.98 Å². The first-order chi connectivity index (χ1) is 10.6. The molecule has 7 heteroatoms. The second-order valence-electron chi connectivity index (χ2n) is 4.39. The Bertz CT molecular complexity index is 639. The van der Waals surface area contributed by atoms with E-state index in [0.29, 0.717) is 10.8 Å². The average Bonchev–Trinajstić information content (AvgIpc) is 2.99. The van der Waals surface area contributed by atoms with Crippen LogP contribution in [-0.4, -0.2) is 28.8 Å². The van der Waals surface area contributed by atoms with Crippen molar-refractivity contribution in [3.63, 3.8) is 0 Å². The quantitative estimate of drug-likeness (QED) is 0.576. The van der Waals surface area contributed by atoms with Gasteiger partial charge in [0.2, 0.25) is 5.82 Å². The van der Waals surface area contributed by atoms with E-state index in [1.807, 2.05) is 0 Å². The fraction of sp³-hybridized carbons (Fsp3) is 0.267. The smallest absolute Gasteiger partial charge is 0.335 e. The van der Waals surface area contributed by atoms with Gasteiger partial charge in [0.25, 0.3) is 5.89 Å². The molecule has 0 aliphatic carbocycles. The van der Waals surface area contributed by atoms with Crippen LogP contribution in [0.15, 0.2) is 41.4 Å². The largest absolute Gasteiger partial charge is 0.454 e. The highest BCUT2D eigenvalue weighted by Gasteiger charge is 2.16. The van der Waals surface area contributed by atoms with Crippen LogP contribution in [0.3, 0.4) is 0 Å². The molecule has 0 bridgehead atoms. The van der Waals surface area contributed by atoms with Crippen LogP contribution < -0.4 is 0 Å². The summed E-state index contributed by atoms with van der Waals surface area (Å²) >= 11 is 5.81. The van der Waals surface area contributed by atoms with E-state index in [9.17, 15) is 4.79 Å². The number of esters is 1. The summed E-state index contributed by atoms with van der Waals surface area (Å²) in [6.45, 7) is 5.27. The maximum atomic E-state index is 11.7. The minimum Gasteiger partial charge on any atom is -0.454 e. The van der Waals surface area contributed by atoms with Crippen LogP contribution in [0.2, 0.25) is 5.02 Å². The topological polar surface area (TPSA) is 74.5 Å². The number of benzene rings is 1. The molecule has 1 aromatic heterocycles. The van der Waals surface area contributed by atoms with Crippen LogP contribution >= 0.6 is 11.6 Å². The highest BCUT2D eigenvalue weighted by atomic mass is 35.5. The Labute approximate surface area is 132 Å². The molecule has 1 aromatic carbocycles. The second kappa shape index (κ2) is 7.72. The molecule has 0 aliphatic rings. The SMILES string of the molecule is C=CCOC(C)C(=O)OCc1nc(-c2ccc(Cl)cc2)no1. The zero-order valence-electron chi connectivity index (χ0n) is 12.0. The minimum absolute atomic E-state index is 0.110. The lowest BCUT2D eigenvalue weighted by molar-refractivity contribution is -0.157. The van der Waals surface area contributed by atoms with Crippen LogP contribution in [0, 0.1) is 0 Å². The Morgan fingerprint density at radius 2 is 2.18 bits per heavy atom. The summed E-state index contributed by atoms with van der Waals surface area (Å²) in [5.41, 5.74) is 0.758. The van der Waals surface area contributed by atoms with Crippen molar-refractivity contribution in [1.82, 2.24) is 10.1 Å². The van der Waals surface area contributed by atoms with Crippen LogP contribution in [-0.2, 0) is 20.9 Å². The number of halogens is 1. The highest BCUT2D eigenvalue weighted by molar-refractivity contribution is 6.30. The second-order valence-corrected chi connectivity index (χ2v) is 4.83. The predicted octanol–water partition coefficient (Wildman–Crippen LogP) is 3.02. The van der Waals surface area contributed by atoms with Gasteiger partial charge in [0, 0.05) is 10.6 Å². The third-order valence-electron chi connectivity index (χ3n) is 2.70. The molecule has 0 fully saturated rings. The maximum Gasteiger partial charge on any atom is 0.335 e. The molecule has 1 heterocycles. The number of carbonyl (C=O) groups is 1. The zero-order valence-corrected chi connectivity index (χ0v) is 12.7. The van der Waals surface area contributed by atoms with E-state index in [2.05, 4.69) is 16.7 Å². The van der Waals surface area contributed by atoms with Gasteiger partial charge in [0.05, 0.1) is 6.61 Å². The first-order valence-corrected chi connectivity index (χ1v) is 6.95. The van der Waals surface area contributed by atoms with Gasteiger partial charge in [0.15, 0.2) is 12.7 Å². The minimum atomic E-state index is -0.684. The molecule has 2 aromatic rings. The van der Waals surface area contributed by atoms with Crippen molar-refractivity contribution in [2.45, 2.75) is 19.6 Å². The van der Waals surface area contributed by atoms with Gasteiger partial charge in [-0.1, -0.05) is 22.8 Å². The fourth-order valence-corrected chi connectivity index (χ4v) is 1.69. The van der Waals surface area contributed by atoms with Gasteiger partial charge < -0.3 is 14.0 Å². The molecule has 0 radical (unpaired) electrons. The van der Waals surface area contributed by atoms with E-state index >= 15 is 0 Å². The third-order valence-corrected chi connectivity index (χ3v) is 2.96. The first kappa shape index (κ1) is 16.2. The summed E-state index contributed by atoms with van der Waals surface area (Å²) in [7, 11) is 0. The molecular weight excluding hydrogens is 308 g/mol. The molecule has 0 saturated carbocycles. The van der Waals surface area contributed by atoms with Gasteiger partial charge >= 0.3 is 5.97 Å².